The molecule has 1 N–H and O–H groups in total. The van der Waals surface area contributed by atoms with Gasteiger partial charge < -0.3 is 5.11 Å². The largest absolute Gasteiger partial charge is 0.388 e. The van der Waals surface area contributed by atoms with Crippen LogP contribution in [0.5, 0.6) is 0 Å². The Hall–Kier alpha value is -0.530. The fourth-order valence-electron chi connectivity index (χ4n) is 3.90. The quantitative estimate of drug-likeness (QED) is 0.852. The molecule has 1 aromatic rings. The van der Waals surface area contributed by atoms with Crippen LogP contribution in [0.4, 0.5) is 0 Å². The van der Waals surface area contributed by atoms with Gasteiger partial charge in [0.15, 0.2) is 0 Å². The Morgan fingerprint density at radius 3 is 2.78 bits per heavy atom. The third-order valence-corrected chi connectivity index (χ3v) is 5.40. The number of fused-ring (bicyclic) bond motifs is 2. The number of hydrogen-bond acceptors (Lipinski definition) is 1. The molecule has 2 aliphatic rings. The predicted octanol–water partition coefficient (Wildman–Crippen LogP) is 4.51. The van der Waals surface area contributed by atoms with Gasteiger partial charge in [0.1, 0.15) is 0 Å². The first kappa shape index (κ1) is 12.5. The minimum Gasteiger partial charge on any atom is -0.388 e. The molecule has 98 valence electrons. The molecule has 0 heterocycles. The van der Waals surface area contributed by atoms with Crippen molar-refractivity contribution in [3.05, 3.63) is 34.3 Å². The van der Waals surface area contributed by atoms with Gasteiger partial charge in [-0.05, 0) is 67.6 Å². The lowest BCUT2D eigenvalue weighted by Gasteiger charge is -2.24. The van der Waals surface area contributed by atoms with E-state index in [1.807, 2.05) is 25.1 Å². The van der Waals surface area contributed by atoms with Crippen molar-refractivity contribution in [2.24, 2.45) is 17.8 Å². The first-order chi connectivity index (χ1) is 8.63. The summed E-state index contributed by atoms with van der Waals surface area (Å²) in [5.41, 5.74) is 2.06. The second-order valence-corrected chi connectivity index (χ2v) is 6.60. The molecule has 0 amide bonds. The van der Waals surface area contributed by atoms with E-state index in [1.165, 1.54) is 25.7 Å². The van der Waals surface area contributed by atoms with Crippen LogP contribution in [-0.2, 0) is 0 Å². The summed E-state index contributed by atoms with van der Waals surface area (Å²) >= 11 is 6.13. The van der Waals surface area contributed by atoms with Gasteiger partial charge >= 0.3 is 0 Å². The molecule has 0 radical (unpaired) electrons. The van der Waals surface area contributed by atoms with Crippen molar-refractivity contribution < 1.29 is 5.11 Å². The summed E-state index contributed by atoms with van der Waals surface area (Å²) < 4.78 is 0. The first-order valence-electron chi connectivity index (χ1n) is 7.07. The van der Waals surface area contributed by atoms with Crippen LogP contribution in [0, 0.1) is 24.7 Å². The zero-order chi connectivity index (χ0) is 12.7. The SMILES string of the molecule is Cc1ccc(C(O)CC2CC3CCC2C3)cc1Cl. The summed E-state index contributed by atoms with van der Waals surface area (Å²) in [7, 11) is 0. The van der Waals surface area contributed by atoms with Crippen molar-refractivity contribution >= 4 is 11.6 Å². The van der Waals surface area contributed by atoms with Crippen LogP contribution >= 0.6 is 11.6 Å². The van der Waals surface area contributed by atoms with Crippen molar-refractivity contribution in [2.75, 3.05) is 0 Å². The summed E-state index contributed by atoms with van der Waals surface area (Å²) in [4.78, 5) is 0. The second-order valence-electron chi connectivity index (χ2n) is 6.20. The highest BCUT2D eigenvalue weighted by Crippen LogP contribution is 2.50. The Labute approximate surface area is 114 Å². The van der Waals surface area contributed by atoms with E-state index >= 15 is 0 Å². The van der Waals surface area contributed by atoms with E-state index in [1.54, 1.807) is 0 Å². The van der Waals surface area contributed by atoms with Crippen LogP contribution in [0.1, 0.15) is 49.3 Å². The fourth-order valence-corrected chi connectivity index (χ4v) is 4.09. The van der Waals surface area contributed by atoms with Gasteiger partial charge in [0.2, 0.25) is 0 Å². The van der Waals surface area contributed by atoms with Gasteiger partial charge in [0, 0.05) is 5.02 Å². The maximum atomic E-state index is 10.4. The Kier molecular flexibility index (Phi) is 3.38. The molecule has 2 heteroatoms. The van der Waals surface area contributed by atoms with E-state index in [4.69, 9.17) is 11.6 Å². The monoisotopic (exact) mass is 264 g/mol. The van der Waals surface area contributed by atoms with E-state index in [0.29, 0.717) is 0 Å². The van der Waals surface area contributed by atoms with Crippen molar-refractivity contribution in [3.8, 4) is 0 Å². The third kappa shape index (κ3) is 2.31. The number of aliphatic hydroxyl groups is 1. The molecule has 0 aliphatic heterocycles. The van der Waals surface area contributed by atoms with Gasteiger partial charge in [-0.3, -0.25) is 0 Å². The molecule has 18 heavy (non-hydrogen) atoms. The molecule has 2 aliphatic carbocycles. The highest BCUT2D eigenvalue weighted by Gasteiger charge is 2.40. The number of hydrogen-bond donors (Lipinski definition) is 1. The van der Waals surface area contributed by atoms with Gasteiger partial charge in [0.05, 0.1) is 6.10 Å². The molecule has 2 fully saturated rings. The molecule has 0 spiro atoms. The molecule has 1 nitrogen and oxygen atoms in total. The van der Waals surface area contributed by atoms with Crippen molar-refractivity contribution in [2.45, 2.75) is 45.1 Å². The molecule has 0 aromatic heterocycles. The summed E-state index contributed by atoms with van der Waals surface area (Å²) in [6.07, 6.45) is 6.13. The Morgan fingerprint density at radius 1 is 1.33 bits per heavy atom. The van der Waals surface area contributed by atoms with E-state index in [9.17, 15) is 5.11 Å². The summed E-state index contributed by atoms with van der Waals surface area (Å²) in [5.74, 6) is 2.57. The first-order valence-corrected chi connectivity index (χ1v) is 7.45. The van der Waals surface area contributed by atoms with Crippen molar-refractivity contribution in [1.29, 1.82) is 0 Å². The molecular formula is C16H21ClO. The number of aryl methyl sites for hydroxylation is 1. The number of halogens is 1. The number of benzene rings is 1. The van der Waals surface area contributed by atoms with Crippen LogP contribution < -0.4 is 0 Å². The summed E-state index contributed by atoms with van der Waals surface area (Å²) in [6.45, 7) is 1.99. The van der Waals surface area contributed by atoms with Crippen LogP contribution in [-0.4, -0.2) is 5.11 Å². The maximum absolute atomic E-state index is 10.4. The standard InChI is InChI=1S/C16H21ClO/c1-10-2-4-13(8-15(10)17)16(18)9-14-7-11-3-5-12(14)6-11/h2,4,8,11-12,14,16,18H,3,5-7,9H2,1H3. The van der Waals surface area contributed by atoms with Crippen LogP contribution in [0.2, 0.25) is 5.02 Å². The highest BCUT2D eigenvalue weighted by molar-refractivity contribution is 6.31. The van der Waals surface area contributed by atoms with Crippen molar-refractivity contribution in [3.63, 3.8) is 0 Å². The molecule has 2 saturated carbocycles. The third-order valence-electron chi connectivity index (χ3n) is 4.99. The van der Waals surface area contributed by atoms with Gasteiger partial charge in [-0.2, -0.15) is 0 Å². The lowest BCUT2D eigenvalue weighted by molar-refractivity contribution is 0.125. The molecule has 1 aromatic carbocycles. The molecule has 2 bridgehead atoms. The maximum Gasteiger partial charge on any atom is 0.0793 e. The normalized spacial score (nSPS) is 31.8. The minimum atomic E-state index is -0.340. The summed E-state index contributed by atoms with van der Waals surface area (Å²) in [6, 6.07) is 5.94. The number of rotatable bonds is 3. The van der Waals surface area contributed by atoms with Gasteiger partial charge in [0.25, 0.3) is 0 Å². The lowest BCUT2D eigenvalue weighted by Crippen LogP contribution is -2.14. The highest BCUT2D eigenvalue weighted by atomic mass is 35.5. The van der Waals surface area contributed by atoms with Gasteiger partial charge in [-0.1, -0.05) is 30.2 Å². The average Bonchev–Trinajstić information content (AvgIpc) is 2.94. The molecule has 3 rings (SSSR count). The van der Waals surface area contributed by atoms with Crippen LogP contribution in [0.15, 0.2) is 18.2 Å². The van der Waals surface area contributed by atoms with E-state index < -0.39 is 0 Å². The second kappa shape index (κ2) is 4.86. The zero-order valence-corrected chi connectivity index (χ0v) is 11.7. The predicted molar refractivity (Wildman–Crippen MR) is 74.7 cm³/mol. The fraction of sp³-hybridized carbons (Fsp3) is 0.625. The molecule has 0 saturated heterocycles. The topological polar surface area (TPSA) is 20.2 Å². The minimum absolute atomic E-state index is 0.340. The zero-order valence-electron chi connectivity index (χ0n) is 10.9. The van der Waals surface area contributed by atoms with Crippen LogP contribution in [0.3, 0.4) is 0 Å². The van der Waals surface area contributed by atoms with E-state index in [0.717, 1.165) is 40.3 Å². The van der Waals surface area contributed by atoms with E-state index in [2.05, 4.69) is 0 Å². The van der Waals surface area contributed by atoms with Crippen molar-refractivity contribution in [1.82, 2.24) is 0 Å². The number of aliphatic hydroxyl groups excluding tert-OH is 1. The van der Waals surface area contributed by atoms with Crippen LogP contribution in [0.25, 0.3) is 0 Å². The molecule has 4 unspecified atom stereocenters. The Morgan fingerprint density at radius 2 is 2.17 bits per heavy atom. The molecule has 4 atom stereocenters. The van der Waals surface area contributed by atoms with E-state index in [-0.39, 0.29) is 6.10 Å². The van der Waals surface area contributed by atoms with Gasteiger partial charge in [-0.15, -0.1) is 0 Å². The Bertz CT molecular complexity index is 443. The summed E-state index contributed by atoms with van der Waals surface area (Å²) in [5, 5.41) is 11.1. The average molecular weight is 265 g/mol. The van der Waals surface area contributed by atoms with Gasteiger partial charge in [-0.25, -0.2) is 0 Å². The Balaban J connectivity index is 1.67. The lowest BCUT2D eigenvalue weighted by atomic mass is 9.83. The smallest absolute Gasteiger partial charge is 0.0793 e. The molecular weight excluding hydrogens is 244 g/mol.